The van der Waals surface area contributed by atoms with Gasteiger partial charge in [-0.15, -0.1) is 0 Å². The fourth-order valence-electron chi connectivity index (χ4n) is 1.56. The van der Waals surface area contributed by atoms with E-state index >= 15 is 0 Å². The molecule has 0 fully saturated rings. The van der Waals surface area contributed by atoms with Gasteiger partial charge in [-0.2, -0.15) is 0 Å². The summed E-state index contributed by atoms with van der Waals surface area (Å²) in [5, 5.41) is 9.35. The van der Waals surface area contributed by atoms with Crippen LogP contribution in [0.2, 0.25) is 0 Å². The molecular formula is C13H22N3O2+. The lowest BCUT2D eigenvalue weighted by atomic mass is 10.1. The topological polar surface area (TPSA) is 84.9 Å². The van der Waals surface area contributed by atoms with E-state index < -0.39 is 0 Å². The van der Waals surface area contributed by atoms with Gasteiger partial charge in [0.1, 0.15) is 12.2 Å². The summed E-state index contributed by atoms with van der Waals surface area (Å²) in [5.74, 6) is 0. The van der Waals surface area contributed by atoms with Gasteiger partial charge in [0, 0.05) is 24.6 Å². The monoisotopic (exact) mass is 252 g/mol. The van der Waals surface area contributed by atoms with Gasteiger partial charge in [0.05, 0.1) is 25.4 Å². The fourth-order valence-corrected chi connectivity index (χ4v) is 1.56. The van der Waals surface area contributed by atoms with E-state index in [0.29, 0.717) is 25.5 Å². The van der Waals surface area contributed by atoms with Gasteiger partial charge in [-0.25, -0.2) is 0 Å². The van der Waals surface area contributed by atoms with Gasteiger partial charge in [0.15, 0.2) is 0 Å². The summed E-state index contributed by atoms with van der Waals surface area (Å²) in [6, 6.07) is 5.53. The van der Waals surface area contributed by atoms with E-state index in [2.05, 4.69) is 0 Å². The van der Waals surface area contributed by atoms with E-state index in [9.17, 15) is 0 Å². The summed E-state index contributed by atoms with van der Waals surface area (Å²) < 4.78 is 10.6. The average molecular weight is 252 g/mol. The number of nitrogen functional groups attached to an aromatic ring is 1. The first-order valence-electron chi connectivity index (χ1n) is 6.16. The van der Waals surface area contributed by atoms with E-state index in [1.165, 1.54) is 6.21 Å². The van der Waals surface area contributed by atoms with Gasteiger partial charge >= 0.3 is 0 Å². The first-order valence-corrected chi connectivity index (χ1v) is 6.16. The Morgan fingerprint density at radius 1 is 1.28 bits per heavy atom. The van der Waals surface area contributed by atoms with Crippen LogP contribution in [0, 0.1) is 5.41 Å². The summed E-state index contributed by atoms with van der Waals surface area (Å²) in [7, 11) is 0. The van der Waals surface area contributed by atoms with Crippen molar-refractivity contribution in [2.24, 2.45) is 0 Å². The van der Waals surface area contributed by atoms with Crippen LogP contribution in [-0.4, -0.2) is 39.2 Å². The number of hydrogen-bond acceptors (Lipinski definition) is 4. The van der Waals surface area contributed by atoms with E-state index in [0.717, 1.165) is 24.4 Å². The van der Waals surface area contributed by atoms with E-state index in [1.807, 2.05) is 24.4 Å². The number of nitrogens with two attached hydrogens (primary N) is 2. The number of benzene rings is 1. The van der Waals surface area contributed by atoms with Gasteiger partial charge < -0.3 is 25.9 Å². The zero-order valence-electron chi connectivity index (χ0n) is 10.8. The summed E-state index contributed by atoms with van der Waals surface area (Å²) >= 11 is 0. The summed E-state index contributed by atoms with van der Waals surface area (Å²) in [5.41, 5.74) is 8.29. The van der Waals surface area contributed by atoms with Crippen LogP contribution < -0.4 is 11.1 Å². The Balaban J connectivity index is 2.26. The number of ether oxygens (including phenoxy) is 2. The highest BCUT2D eigenvalue weighted by Gasteiger charge is 2.04. The summed E-state index contributed by atoms with van der Waals surface area (Å²) in [6.07, 6.45) is 1.33. The number of hydrogen-bond donors (Lipinski definition) is 3. The predicted molar refractivity (Wildman–Crippen MR) is 72.5 cm³/mol. The molecule has 0 aliphatic carbocycles. The maximum atomic E-state index is 7.31. The molecule has 0 radical (unpaired) electrons. The lowest BCUT2D eigenvalue weighted by Gasteiger charge is -2.06. The third-order valence-electron chi connectivity index (χ3n) is 2.47. The number of nitrogens with one attached hydrogen (secondary N) is 1. The molecule has 1 aromatic rings. The minimum absolute atomic E-state index is 0.621. The molecule has 18 heavy (non-hydrogen) atoms. The maximum absolute atomic E-state index is 7.31. The largest absolute Gasteiger partial charge is 0.399 e. The van der Waals surface area contributed by atoms with Crippen LogP contribution in [-0.2, 0) is 9.47 Å². The fraction of sp³-hybridized carbons (Fsp3) is 0.462. The molecule has 0 heterocycles. The van der Waals surface area contributed by atoms with Crippen molar-refractivity contribution in [2.45, 2.75) is 6.92 Å². The van der Waals surface area contributed by atoms with Crippen molar-refractivity contribution < 1.29 is 14.8 Å². The summed E-state index contributed by atoms with van der Waals surface area (Å²) in [6.45, 7) is 5.40. The van der Waals surface area contributed by atoms with Crippen LogP contribution in [0.15, 0.2) is 18.2 Å². The molecule has 1 rings (SSSR count). The van der Waals surface area contributed by atoms with Crippen LogP contribution in [0.4, 0.5) is 11.4 Å². The molecular weight excluding hydrogens is 230 g/mol. The molecule has 100 valence electrons. The molecule has 0 saturated carbocycles. The van der Waals surface area contributed by atoms with Crippen LogP contribution >= 0.6 is 0 Å². The molecule has 0 unspecified atom stereocenters. The molecule has 0 saturated heterocycles. The molecule has 0 amide bonds. The number of quaternary nitrogens is 1. The maximum Gasteiger partial charge on any atom is 0.140 e. The van der Waals surface area contributed by atoms with Crippen molar-refractivity contribution in [1.82, 2.24) is 0 Å². The quantitative estimate of drug-likeness (QED) is 0.340. The minimum Gasteiger partial charge on any atom is -0.399 e. The zero-order valence-corrected chi connectivity index (χ0v) is 10.8. The van der Waals surface area contributed by atoms with Gasteiger partial charge in [0.2, 0.25) is 0 Å². The molecule has 5 heteroatoms. The van der Waals surface area contributed by atoms with E-state index in [4.69, 9.17) is 20.6 Å². The van der Waals surface area contributed by atoms with Crippen molar-refractivity contribution in [2.75, 3.05) is 38.7 Å². The minimum atomic E-state index is 0.621. The molecule has 0 aromatic heterocycles. The zero-order chi connectivity index (χ0) is 13.2. The SMILES string of the molecule is CCOCCOCC[NH2+]c1cc(N)ccc1C=N. The highest BCUT2D eigenvalue weighted by atomic mass is 16.5. The Morgan fingerprint density at radius 3 is 2.78 bits per heavy atom. The second-order valence-corrected chi connectivity index (χ2v) is 3.83. The Labute approximate surface area is 108 Å². The van der Waals surface area contributed by atoms with Crippen LogP contribution in [0.1, 0.15) is 12.5 Å². The van der Waals surface area contributed by atoms with E-state index in [1.54, 1.807) is 6.07 Å². The number of anilines is 1. The smallest absolute Gasteiger partial charge is 0.140 e. The molecule has 0 spiro atoms. The number of rotatable bonds is 9. The molecule has 5 N–H and O–H groups in total. The normalized spacial score (nSPS) is 10.5. The van der Waals surface area contributed by atoms with Crippen molar-refractivity contribution in [1.29, 1.82) is 5.41 Å². The van der Waals surface area contributed by atoms with Crippen LogP contribution in [0.5, 0.6) is 0 Å². The first-order chi connectivity index (χ1) is 8.77. The Kier molecular flexibility index (Phi) is 7.01. The molecule has 5 nitrogen and oxygen atoms in total. The third-order valence-corrected chi connectivity index (χ3v) is 2.47. The highest BCUT2D eigenvalue weighted by molar-refractivity contribution is 5.83. The average Bonchev–Trinajstić information content (AvgIpc) is 2.38. The molecule has 1 aromatic carbocycles. The molecule has 0 atom stereocenters. The molecule has 0 aliphatic rings. The predicted octanol–water partition coefficient (Wildman–Crippen LogP) is 0.514. The van der Waals surface area contributed by atoms with Crippen molar-refractivity contribution in [3.63, 3.8) is 0 Å². The van der Waals surface area contributed by atoms with Gasteiger partial charge in [-0.1, -0.05) is 0 Å². The van der Waals surface area contributed by atoms with Crippen molar-refractivity contribution >= 4 is 17.6 Å². The van der Waals surface area contributed by atoms with Crippen LogP contribution in [0.25, 0.3) is 0 Å². The second kappa shape index (κ2) is 8.63. The van der Waals surface area contributed by atoms with Gasteiger partial charge in [-0.3, -0.25) is 0 Å². The Hall–Kier alpha value is -1.43. The van der Waals surface area contributed by atoms with E-state index in [-0.39, 0.29) is 0 Å². The lowest BCUT2D eigenvalue weighted by Crippen LogP contribution is -2.79. The Morgan fingerprint density at radius 2 is 2.06 bits per heavy atom. The van der Waals surface area contributed by atoms with Gasteiger partial charge in [-0.05, 0) is 19.1 Å². The molecule has 0 bridgehead atoms. The standard InChI is InChI=1S/C13H21N3O2/c1-2-17-7-8-18-6-5-16-13-9-12(15)4-3-11(13)10-14/h3-4,9-10,14,16H,2,5-8,15H2,1H3/p+1. The lowest BCUT2D eigenvalue weighted by molar-refractivity contribution is -0.573. The van der Waals surface area contributed by atoms with Gasteiger partial charge in [0.25, 0.3) is 0 Å². The Bertz CT molecular complexity index is 369. The second-order valence-electron chi connectivity index (χ2n) is 3.83. The van der Waals surface area contributed by atoms with Crippen molar-refractivity contribution in [3.05, 3.63) is 23.8 Å². The summed E-state index contributed by atoms with van der Waals surface area (Å²) in [4.78, 5) is 0. The van der Waals surface area contributed by atoms with Crippen molar-refractivity contribution in [3.8, 4) is 0 Å². The van der Waals surface area contributed by atoms with Crippen LogP contribution in [0.3, 0.4) is 0 Å². The highest BCUT2D eigenvalue weighted by Crippen LogP contribution is 2.12. The molecule has 0 aliphatic heterocycles. The third kappa shape index (κ3) is 5.27. The first kappa shape index (κ1) is 14.6.